The van der Waals surface area contributed by atoms with E-state index in [1.807, 2.05) is 0 Å². The highest BCUT2D eigenvalue weighted by Gasteiger charge is 2.19. The van der Waals surface area contributed by atoms with E-state index in [2.05, 4.69) is 47.9 Å². The fourth-order valence-corrected chi connectivity index (χ4v) is 2.36. The summed E-state index contributed by atoms with van der Waals surface area (Å²) in [6, 6.07) is 3.20. The van der Waals surface area contributed by atoms with Crippen LogP contribution < -0.4 is 0 Å². The smallest absolute Gasteiger partial charge is 0.0641 e. The van der Waals surface area contributed by atoms with Crippen molar-refractivity contribution in [2.45, 2.75) is 52.0 Å². The molecule has 2 atom stereocenters. The van der Waals surface area contributed by atoms with Crippen molar-refractivity contribution in [3.63, 3.8) is 0 Å². The van der Waals surface area contributed by atoms with E-state index in [1.54, 1.807) is 0 Å². The first-order chi connectivity index (χ1) is 5.50. The van der Waals surface area contributed by atoms with Crippen molar-refractivity contribution in [1.82, 2.24) is 4.90 Å². The van der Waals surface area contributed by atoms with Crippen molar-refractivity contribution in [2.24, 2.45) is 0 Å². The van der Waals surface area contributed by atoms with E-state index in [4.69, 9.17) is 5.26 Å². The maximum Gasteiger partial charge on any atom is 0.0641 e. The summed E-state index contributed by atoms with van der Waals surface area (Å²) < 4.78 is 0. The van der Waals surface area contributed by atoms with Crippen LogP contribution in [-0.2, 0) is 0 Å². The van der Waals surface area contributed by atoms with Crippen LogP contribution in [-0.4, -0.2) is 22.8 Å². The minimum Gasteiger partial charge on any atom is -0.291 e. The Morgan fingerprint density at radius 2 is 1.67 bits per heavy atom. The van der Waals surface area contributed by atoms with Gasteiger partial charge in [-0.15, -0.1) is 9.24 Å². The highest BCUT2D eigenvalue weighted by molar-refractivity contribution is 7.17. The summed E-state index contributed by atoms with van der Waals surface area (Å²) in [5.74, 6) is 0.287. The van der Waals surface area contributed by atoms with Gasteiger partial charge in [0, 0.05) is 17.9 Å². The van der Waals surface area contributed by atoms with Gasteiger partial charge >= 0.3 is 0 Å². The first-order valence-electron chi connectivity index (χ1n) is 4.40. The van der Waals surface area contributed by atoms with Gasteiger partial charge < -0.3 is 0 Å². The Bertz CT molecular complexity index is 152. The second kappa shape index (κ2) is 5.51. The quantitative estimate of drug-likeness (QED) is 0.629. The lowest BCUT2D eigenvalue weighted by atomic mass is 10.2. The van der Waals surface area contributed by atoms with Gasteiger partial charge in [-0.05, 0) is 27.7 Å². The SMILES string of the molecule is CC(C)N(C(C)C)C(P)CC#N. The summed E-state index contributed by atoms with van der Waals surface area (Å²) in [4.78, 5) is 2.33. The number of rotatable bonds is 4. The molecule has 0 aromatic rings. The standard InChI is InChI=1S/C9H19N2P/c1-7(2)11(8(3)4)9(12)5-6-10/h7-9H,5,12H2,1-4H3. The van der Waals surface area contributed by atoms with Crippen LogP contribution >= 0.6 is 9.24 Å². The average molecular weight is 186 g/mol. The van der Waals surface area contributed by atoms with E-state index < -0.39 is 0 Å². The van der Waals surface area contributed by atoms with E-state index >= 15 is 0 Å². The zero-order valence-corrected chi connectivity index (χ0v) is 9.57. The van der Waals surface area contributed by atoms with Crippen molar-refractivity contribution < 1.29 is 0 Å². The molecule has 70 valence electrons. The molecule has 0 aliphatic rings. The first kappa shape index (κ1) is 11.9. The molecule has 0 aliphatic carbocycles. The Morgan fingerprint density at radius 1 is 1.25 bits per heavy atom. The van der Waals surface area contributed by atoms with E-state index in [-0.39, 0.29) is 5.78 Å². The van der Waals surface area contributed by atoms with Crippen LogP contribution in [0, 0.1) is 11.3 Å². The molecular formula is C9H19N2P. The zero-order chi connectivity index (χ0) is 9.72. The van der Waals surface area contributed by atoms with Crippen LogP contribution in [0.4, 0.5) is 0 Å². The topological polar surface area (TPSA) is 27.0 Å². The zero-order valence-electron chi connectivity index (χ0n) is 8.41. The Hall–Kier alpha value is -0.120. The van der Waals surface area contributed by atoms with Gasteiger partial charge in [-0.25, -0.2) is 0 Å². The predicted molar refractivity (Wildman–Crippen MR) is 55.8 cm³/mol. The maximum absolute atomic E-state index is 8.56. The molecule has 0 saturated heterocycles. The molecule has 0 amide bonds. The van der Waals surface area contributed by atoms with Crippen LogP contribution in [0.1, 0.15) is 34.1 Å². The van der Waals surface area contributed by atoms with E-state index in [0.717, 1.165) is 0 Å². The van der Waals surface area contributed by atoms with Crippen LogP contribution in [0.25, 0.3) is 0 Å². The summed E-state index contributed by atoms with van der Waals surface area (Å²) >= 11 is 0. The molecule has 0 aliphatic heterocycles. The largest absolute Gasteiger partial charge is 0.291 e. The molecule has 0 fully saturated rings. The third kappa shape index (κ3) is 3.52. The highest BCUT2D eigenvalue weighted by atomic mass is 31.0. The third-order valence-corrected chi connectivity index (χ3v) is 2.46. The second-order valence-electron chi connectivity index (χ2n) is 3.56. The number of hydrogen-bond acceptors (Lipinski definition) is 2. The predicted octanol–water partition coefficient (Wildman–Crippen LogP) is 2.22. The van der Waals surface area contributed by atoms with E-state index in [9.17, 15) is 0 Å². The average Bonchev–Trinajstić information content (AvgIpc) is 1.85. The van der Waals surface area contributed by atoms with Crippen molar-refractivity contribution in [1.29, 1.82) is 5.26 Å². The Labute approximate surface area is 78.1 Å². The van der Waals surface area contributed by atoms with Gasteiger partial charge in [-0.2, -0.15) is 5.26 Å². The molecular weight excluding hydrogens is 167 g/mol. The number of hydrogen-bond donors (Lipinski definition) is 0. The Balaban J connectivity index is 4.21. The monoisotopic (exact) mass is 186 g/mol. The molecule has 0 radical (unpaired) electrons. The Kier molecular flexibility index (Phi) is 5.46. The van der Waals surface area contributed by atoms with Crippen molar-refractivity contribution in [3.8, 4) is 6.07 Å². The maximum atomic E-state index is 8.56. The van der Waals surface area contributed by atoms with Gasteiger partial charge in [0.05, 0.1) is 12.5 Å². The molecule has 0 N–H and O–H groups in total. The van der Waals surface area contributed by atoms with E-state index in [0.29, 0.717) is 18.5 Å². The fourth-order valence-electron chi connectivity index (χ4n) is 1.56. The molecule has 0 aromatic carbocycles. The van der Waals surface area contributed by atoms with Gasteiger partial charge in [-0.3, -0.25) is 4.90 Å². The molecule has 0 bridgehead atoms. The molecule has 0 heterocycles. The van der Waals surface area contributed by atoms with Gasteiger partial charge in [0.2, 0.25) is 0 Å². The van der Waals surface area contributed by atoms with Gasteiger partial charge in [-0.1, -0.05) is 0 Å². The summed E-state index contributed by atoms with van der Waals surface area (Å²) in [5, 5.41) is 8.56. The van der Waals surface area contributed by atoms with Crippen LogP contribution in [0.2, 0.25) is 0 Å². The summed E-state index contributed by atoms with van der Waals surface area (Å²) in [6.45, 7) is 8.64. The number of nitrogens with zero attached hydrogens (tertiary/aromatic N) is 2. The van der Waals surface area contributed by atoms with Gasteiger partial charge in [0.1, 0.15) is 0 Å². The molecule has 2 nitrogen and oxygen atoms in total. The molecule has 0 spiro atoms. The lowest BCUT2D eigenvalue weighted by Gasteiger charge is -2.34. The van der Waals surface area contributed by atoms with Crippen molar-refractivity contribution in [3.05, 3.63) is 0 Å². The third-order valence-electron chi connectivity index (χ3n) is 1.88. The minimum atomic E-state index is 0.287. The summed E-state index contributed by atoms with van der Waals surface area (Å²) in [6.07, 6.45) is 0.584. The van der Waals surface area contributed by atoms with E-state index in [1.165, 1.54) is 0 Å². The Morgan fingerprint density at radius 3 is 1.92 bits per heavy atom. The number of nitriles is 1. The lowest BCUT2D eigenvalue weighted by molar-refractivity contribution is 0.161. The fraction of sp³-hybridized carbons (Fsp3) is 0.889. The molecule has 0 rings (SSSR count). The first-order valence-corrected chi connectivity index (χ1v) is 5.07. The van der Waals surface area contributed by atoms with Crippen molar-refractivity contribution >= 4 is 9.24 Å². The normalized spacial score (nSPS) is 13.9. The molecule has 12 heavy (non-hydrogen) atoms. The van der Waals surface area contributed by atoms with Gasteiger partial charge in [0.15, 0.2) is 0 Å². The summed E-state index contributed by atoms with van der Waals surface area (Å²) in [7, 11) is 2.73. The molecule has 2 unspecified atom stereocenters. The van der Waals surface area contributed by atoms with Crippen LogP contribution in [0.5, 0.6) is 0 Å². The summed E-state index contributed by atoms with van der Waals surface area (Å²) in [5.41, 5.74) is 0. The minimum absolute atomic E-state index is 0.287. The molecule has 3 heteroatoms. The van der Waals surface area contributed by atoms with Crippen LogP contribution in [0.3, 0.4) is 0 Å². The van der Waals surface area contributed by atoms with Crippen molar-refractivity contribution in [2.75, 3.05) is 0 Å². The highest BCUT2D eigenvalue weighted by Crippen LogP contribution is 2.18. The molecule has 0 saturated carbocycles. The lowest BCUT2D eigenvalue weighted by Crippen LogP contribution is -2.41. The van der Waals surface area contributed by atoms with Crippen LogP contribution in [0.15, 0.2) is 0 Å². The molecule has 0 aromatic heterocycles. The van der Waals surface area contributed by atoms with Gasteiger partial charge in [0.25, 0.3) is 0 Å². The second-order valence-corrected chi connectivity index (χ2v) is 4.33.